The van der Waals surface area contributed by atoms with Crippen molar-refractivity contribution < 1.29 is 33.7 Å². The predicted molar refractivity (Wildman–Crippen MR) is 144 cm³/mol. The summed E-state index contributed by atoms with van der Waals surface area (Å²) in [5, 5.41) is 22.5. The summed E-state index contributed by atoms with van der Waals surface area (Å²) in [4.78, 5) is 60.8. The number of ether oxygens (including phenoxy) is 2. The van der Waals surface area contributed by atoms with Crippen LogP contribution in [0.4, 0.5) is 11.4 Å². The van der Waals surface area contributed by atoms with E-state index in [1.807, 2.05) is 0 Å². The first-order chi connectivity index (χ1) is 19.7. The Labute approximate surface area is 233 Å². The maximum absolute atomic E-state index is 13.9. The summed E-state index contributed by atoms with van der Waals surface area (Å²) in [5.74, 6) is -4.73. The summed E-state index contributed by atoms with van der Waals surface area (Å²) in [6, 6.07) is 18.4. The van der Waals surface area contributed by atoms with Crippen molar-refractivity contribution in [1.29, 1.82) is 0 Å². The number of esters is 1. The molecule has 5 atom stereocenters. The molecule has 208 valence electrons. The number of fused-ring (bicyclic) bond motifs is 3. The van der Waals surface area contributed by atoms with Crippen molar-refractivity contribution >= 4 is 29.4 Å². The molecule has 0 radical (unpaired) electrons. The Balaban J connectivity index is 1.72. The van der Waals surface area contributed by atoms with E-state index in [4.69, 9.17) is 9.47 Å². The van der Waals surface area contributed by atoms with Crippen LogP contribution in [0.5, 0.6) is 5.75 Å². The topological polar surface area (TPSA) is 156 Å². The number of Topliss-reactive ketones (excluding diaryl/α,β-unsaturated/α-hetero) is 1. The molecule has 1 aliphatic carbocycles. The highest BCUT2D eigenvalue weighted by atomic mass is 16.6. The van der Waals surface area contributed by atoms with Gasteiger partial charge in [0.1, 0.15) is 18.1 Å². The second-order valence-corrected chi connectivity index (χ2v) is 9.75. The van der Waals surface area contributed by atoms with Crippen LogP contribution in [0.3, 0.4) is 0 Å². The van der Waals surface area contributed by atoms with Crippen molar-refractivity contribution in [2.75, 3.05) is 6.61 Å². The van der Waals surface area contributed by atoms with Gasteiger partial charge in [0, 0.05) is 47.9 Å². The van der Waals surface area contributed by atoms with E-state index in [1.165, 1.54) is 36.4 Å². The number of carbonyl (C=O) groups is 3. The first-order valence-electron chi connectivity index (χ1n) is 12.9. The Morgan fingerprint density at radius 3 is 2.05 bits per heavy atom. The molecule has 2 aliphatic rings. The number of ketones is 1. The average Bonchev–Trinajstić information content (AvgIpc) is 2.99. The number of aldehydes is 1. The minimum Gasteiger partial charge on any atom is -0.485 e. The lowest BCUT2D eigenvalue weighted by molar-refractivity contribution is -0.385. The van der Waals surface area contributed by atoms with E-state index < -0.39 is 51.4 Å². The molecule has 0 aromatic heterocycles. The molecule has 0 unspecified atom stereocenters. The Bertz CT molecular complexity index is 1560. The maximum atomic E-state index is 13.9. The highest BCUT2D eigenvalue weighted by Crippen LogP contribution is 2.57. The molecule has 0 bridgehead atoms. The summed E-state index contributed by atoms with van der Waals surface area (Å²) in [7, 11) is 0. The number of hydrogen-bond donors (Lipinski definition) is 0. The van der Waals surface area contributed by atoms with Gasteiger partial charge in [0.05, 0.1) is 16.5 Å². The molecule has 1 aliphatic heterocycles. The van der Waals surface area contributed by atoms with Crippen molar-refractivity contribution in [3.05, 3.63) is 121 Å². The molecule has 0 saturated heterocycles. The molecule has 0 saturated carbocycles. The number of nitro benzene ring substituents is 2. The fourth-order valence-electron chi connectivity index (χ4n) is 5.88. The van der Waals surface area contributed by atoms with Crippen molar-refractivity contribution in [2.45, 2.75) is 24.9 Å². The standard InChI is InChI=1S/C30H24N2O9/c1-2-40-30(35)28(34)27-25(17-7-11-20(12-8-17)31(36)37)19(16-33)15-23-26(27)22-5-3-4-6-24(22)41-29(23)18-9-13-21(14-10-18)32(38)39/h3-16,23,25-27,29H,2H2,1H3/t23-,25+,26+,27-,29+/m0/s1. The number of allylic oxidation sites excluding steroid dienone is 1. The molecule has 0 spiro atoms. The third-order valence-electron chi connectivity index (χ3n) is 7.60. The lowest BCUT2D eigenvalue weighted by atomic mass is 9.59. The third-order valence-corrected chi connectivity index (χ3v) is 7.60. The Kier molecular flexibility index (Phi) is 7.43. The molecule has 11 nitrogen and oxygen atoms in total. The number of benzene rings is 3. The van der Waals surface area contributed by atoms with Crippen LogP contribution in [0.25, 0.3) is 0 Å². The van der Waals surface area contributed by atoms with Gasteiger partial charge in [-0.25, -0.2) is 4.79 Å². The van der Waals surface area contributed by atoms with Gasteiger partial charge >= 0.3 is 5.97 Å². The fraction of sp³-hybridized carbons (Fsp3) is 0.233. The van der Waals surface area contributed by atoms with E-state index in [9.17, 15) is 34.6 Å². The summed E-state index contributed by atoms with van der Waals surface area (Å²) in [5.41, 5.74) is 1.61. The number of nitro groups is 2. The van der Waals surface area contributed by atoms with E-state index in [0.717, 1.165) is 0 Å². The molecular weight excluding hydrogens is 532 g/mol. The van der Waals surface area contributed by atoms with E-state index in [2.05, 4.69) is 0 Å². The number of hydrogen-bond acceptors (Lipinski definition) is 9. The Hall–Kier alpha value is -5.19. The summed E-state index contributed by atoms with van der Waals surface area (Å²) in [6.45, 7) is 1.54. The SMILES string of the molecule is CCOC(=O)C(=O)[C@@H]1[C@@H]2c3ccccc3O[C@H](c3ccc([N+](=O)[O-])cc3)[C@H]2C=C(C=O)[C@H]1c1ccc([N+](=O)[O-])cc1. The summed E-state index contributed by atoms with van der Waals surface area (Å²) >= 11 is 0. The minimum atomic E-state index is -1.11. The molecule has 0 N–H and O–H groups in total. The Morgan fingerprint density at radius 2 is 1.49 bits per heavy atom. The average molecular weight is 557 g/mol. The molecule has 3 aromatic rings. The number of carbonyl (C=O) groups excluding carboxylic acids is 3. The van der Waals surface area contributed by atoms with E-state index in [-0.39, 0.29) is 23.6 Å². The fourth-order valence-corrected chi connectivity index (χ4v) is 5.88. The zero-order valence-corrected chi connectivity index (χ0v) is 21.7. The lowest BCUT2D eigenvalue weighted by Gasteiger charge is -2.47. The zero-order valence-electron chi connectivity index (χ0n) is 21.7. The second-order valence-electron chi connectivity index (χ2n) is 9.75. The van der Waals surface area contributed by atoms with Gasteiger partial charge in [0.15, 0.2) is 0 Å². The van der Waals surface area contributed by atoms with Gasteiger partial charge in [0.25, 0.3) is 11.4 Å². The van der Waals surface area contributed by atoms with Crippen LogP contribution in [-0.2, 0) is 19.1 Å². The van der Waals surface area contributed by atoms with Crippen LogP contribution in [-0.4, -0.2) is 34.5 Å². The molecule has 41 heavy (non-hydrogen) atoms. The lowest BCUT2D eigenvalue weighted by Crippen LogP contribution is -2.44. The van der Waals surface area contributed by atoms with Gasteiger partial charge in [-0.15, -0.1) is 0 Å². The van der Waals surface area contributed by atoms with Crippen molar-refractivity contribution in [1.82, 2.24) is 0 Å². The predicted octanol–water partition coefficient (Wildman–Crippen LogP) is 5.01. The van der Waals surface area contributed by atoms with Crippen LogP contribution in [0.2, 0.25) is 0 Å². The van der Waals surface area contributed by atoms with E-state index in [1.54, 1.807) is 49.4 Å². The highest BCUT2D eigenvalue weighted by Gasteiger charge is 2.52. The number of non-ortho nitro benzene ring substituents is 2. The summed E-state index contributed by atoms with van der Waals surface area (Å²) < 4.78 is 11.5. The zero-order chi connectivity index (χ0) is 29.3. The van der Waals surface area contributed by atoms with Gasteiger partial charge in [-0.3, -0.25) is 29.8 Å². The van der Waals surface area contributed by atoms with Crippen molar-refractivity contribution in [3.63, 3.8) is 0 Å². The van der Waals surface area contributed by atoms with Gasteiger partial charge in [-0.2, -0.15) is 0 Å². The number of rotatable bonds is 8. The van der Waals surface area contributed by atoms with Crippen molar-refractivity contribution in [2.24, 2.45) is 11.8 Å². The van der Waals surface area contributed by atoms with Crippen molar-refractivity contribution in [3.8, 4) is 5.75 Å². The van der Waals surface area contributed by atoms with Gasteiger partial charge in [0.2, 0.25) is 5.78 Å². The first-order valence-corrected chi connectivity index (χ1v) is 12.9. The molecule has 5 rings (SSSR count). The largest absolute Gasteiger partial charge is 0.485 e. The summed E-state index contributed by atoms with van der Waals surface area (Å²) in [6.07, 6.45) is 1.57. The highest BCUT2D eigenvalue weighted by molar-refractivity contribution is 6.35. The number of nitrogens with zero attached hydrogens (tertiary/aromatic N) is 2. The first kappa shape index (κ1) is 27.4. The normalized spacial score (nSPS) is 22.7. The molecular formula is C30H24N2O9. The van der Waals surface area contributed by atoms with Crippen LogP contribution >= 0.6 is 0 Å². The van der Waals surface area contributed by atoms with Crippen LogP contribution in [0, 0.1) is 32.1 Å². The smallest absolute Gasteiger partial charge is 0.374 e. The monoisotopic (exact) mass is 556 g/mol. The molecule has 1 heterocycles. The third kappa shape index (κ3) is 4.97. The second kappa shape index (κ2) is 11.1. The maximum Gasteiger partial charge on any atom is 0.374 e. The minimum absolute atomic E-state index is 0.0327. The van der Waals surface area contributed by atoms with Gasteiger partial charge < -0.3 is 9.47 Å². The van der Waals surface area contributed by atoms with Crippen LogP contribution < -0.4 is 4.74 Å². The molecule has 3 aromatic carbocycles. The number of para-hydroxylation sites is 1. The van der Waals surface area contributed by atoms with Gasteiger partial charge in [-0.05, 0) is 47.4 Å². The quantitative estimate of drug-likeness (QED) is 0.122. The molecule has 0 fully saturated rings. The van der Waals surface area contributed by atoms with E-state index in [0.29, 0.717) is 28.7 Å². The van der Waals surface area contributed by atoms with E-state index >= 15 is 0 Å². The molecule has 0 amide bonds. The molecule has 11 heteroatoms. The van der Waals surface area contributed by atoms with Gasteiger partial charge in [-0.1, -0.05) is 36.4 Å². The van der Waals surface area contributed by atoms with Crippen LogP contribution in [0.15, 0.2) is 84.4 Å². The van der Waals surface area contributed by atoms with Crippen LogP contribution in [0.1, 0.15) is 41.6 Å². The Morgan fingerprint density at radius 1 is 0.902 bits per heavy atom.